The summed E-state index contributed by atoms with van der Waals surface area (Å²) in [6.07, 6.45) is -3.47. The molecule has 2 fully saturated rings. The summed E-state index contributed by atoms with van der Waals surface area (Å²) in [6, 6.07) is 0.487. The van der Waals surface area contributed by atoms with E-state index >= 15 is 0 Å². The van der Waals surface area contributed by atoms with Crippen LogP contribution in [0.3, 0.4) is 0 Å². The number of rotatable bonds is 3. The van der Waals surface area contributed by atoms with E-state index < -0.39 is 41.1 Å². The van der Waals surface area contributed by atoms with Crippen molar-refractivity contribution in [3.63, 3.8) is 0 Å². The predicted octanol–water partition coefficient (Wildman–Crippen LogP) is 5.79. The van der Waals surface area contributed by atoms with Crippen LogP contribution < -0.4 is 5.32 Å². The number of thioether (sulfide) groups is 1. The Kier molecular flexibility index (Phi) is 7.12. The maximum Gasteiger partial charge on any atom is 0.416 e. The zero-order valence-electron chi connectivity index (χ0n) is 16.8. The molecule has 1 atom stereocenters. The van der Waals surface area contributed by atoms with Gasteiger partial charge in [-0.25, -0.2) is 0 Å². The minimum absolute atomic E-state index is 0.0324. The molecular weight excluding hydrogens is 444 g/mol. The minimum atomic E-state index is -4.97. The summed E-state index contributed by atoms with van der Waals surface area (Å²) in [5.41, 5.74) is -3.48. The number of carbonyl (C=O) groups is 1. The van der Waals surface area contributed by atoms with Gasteiger partial charge in [0.2, 0.25) is 5.91 Å². The highest BCUT2D eigenvalue weighted by molar-refractivity contribution is 8.14. The van der Waals surface area contributed by atoms with Crippen LogP contribution >= 0.6 is 11.8 Å². The Morgan fingerprint density at radius 1 is 1.00 bits per heavy atom. The third-order valence-corrected chi connectivity index (χ3v) is 6.55. The molecule has 3 rings (SSSR count). The van der Waals surface area contributed by atoms with Gasteiger partial charge in [-0.2, -0.15) is 26.3 Å². The van der Waals surface area contributed by atoms with Gasteiger partial charge in [-0.15, -0.1) is 0 Å². The molecular formula is C20H23F6N3OS. The quantitative estimate of drug-likeness (QED) is 0.452. The van der Waals surface area contributed by atoms with Gasteiger partial charge in [-0.05, 0) is 31.0 Å². The molecule has 1 saturated heterocycles. The summed E-state index contributed by atoms with van der Waals surface area (Å²) in [7, 11) is 1.66. The van der Waals surface area contributed by atoms with Crippen LogP contribution in [-0.4, -0.2) is 40.9 Å². The van der Waals surface area contributed by atoms with Crippen molar-refractivity contribution in [2.24, 2.45) is 4.99 Å². The van der Waals surface area contributed by atoms with Crippen molar-refractivity contribution in [2.75, 3.05) is 18.1 Å². The lowest BCUT2D eigenvalue weighted by Gasteiger charge is -2.22. The Hall–Kier alpha value is -1.91. The first kappa shape index (κ1) is 23.7. The number of carbonyl (C=O) groups excluding carboxylic acids is 1. The normalized spacial score (nSPS) is 22.6. The average molecular weight is 467 g/mol. The highest BCUT2D eigenvalue weighted by Crippen LogP contribution is 2.38. The van der Waals surface area contributed by atoms with Crippen LogP contribution in [0.1, 0.15) is 49.7 Å². The maximum absolute atomic E-state index is 13.0. The third-order valence-electron chi connectivity index (χ3n) is 5.42. The number of hydrogen-bond donors (Lipinski definition) is 1. The first-order valence-electron chi connectivity index (χ1n) is 9.99. The summed E-state index contributed by atoms with van der Waals surface area (Å²) >= 11 is 1.37. The van der Waals surface area contributed by atoms with Crippen molar-refractivity contribution >= 4 is 28.5 Å². The number of alkyl halides is 6. The van der Waals surface area contributed by atoms with Gasteiger partial charge in [0, 0.05) is 18.5 Å². The number of benzene rings is 1. The van der Waals surface area contributed by atoms with E-state index in [9.17, 15) is 31.1 Å². The Labute approximate surface area is 180 Å². The molecule has 1 unspecified atom stereocenters. The van der Waals surface area contributed by atoms with Crippen molar-refractivity contribution in [3.8, 4) is 0 Å². The van der Waals surface area contributed by atoms with E-state index in [0.717, 1.165) is 25.7 Å². The molecule has 172 valence electrons. The molecule has 0 spiro atoms. The van der Waals surface area contributed by atoms with E-state index in [4.69, 9.17) is 4.99 Å². The topological polar surface area (TPSA) is 44.7 Å². The first-order chi connectivity index (χ1) is 14.4. The number of amides is 1. The van der Waals surface area contributed by atoms with Crippen molar-refractivity contribution in [2.45, 2.75) is 63.0 Å². The van der Waals surface area contributed by atoms with Crippen LogP contribution in [0.5, 0.6) is 0 Å². The lowest BCUT2D eigenvalue weighted by atomic mass is 10.1. The van der Waals surface area contributed by atoms with E-state index in [2.05, 4.69) is 5.32 Å². The van der Waals surface area contributed by atoms with Crippen LogP contribution in [-0.2, 0) is 17.1 Å². The third kappa shape index (κ3) is 6.08. The van der Waals surface area contributed by atoms with E-state index in [-0.39, 0.29) is 12.1 Å². The second-order valence-electron chi connectivity index (χ2n) is 7.78. The van der Waals surface area contributed by atoms with Gasteiger partial charge in [0.15, 0.2) is 5.17 Å². The second-order valence-corrected chi connectivity index (χ2v) is 8.77. The largest absolute Gasteiger partial charge is 0.416 e. The van der Waals surface area contributed by atoms with Crippen LogP contribution in [0.4, 0.5) is 32.0 Å². The van der Waals surface area contributed by atoms with Crippen LogP contribution in [0, 0.1) is 0 Å². The number of hydrogen-bond acceptors (Lipinski definition) is 3. The number of amidine groups is 1. The molecule has 0 aromatic heterocycles. The highest BCUT2D eigenvalue weighted by Gasteiger charge is 2.38. The molecule has 0 bridgehead atoms. The molecule has 1 aromatic rings. The Bertz CT molecular complexity index is 799. The highest BCUT2D eigenvalue weighted by atomic mass is 32.2. The average Bonchev–Trinajstić information content (AvgIpc) is 2.86. The van der Waals surface area contributed by atoms with Gasteiger partial charge >= 0.3 is 12.4 Å². The summed E-state index contributed by atoms with van der Waals surface area (Å²) in [4.78, 5) is 19.0. The summed E-state index contributed by atoms with van der Waals surface area (Å²) < 4.78 is 78.2. The lowest BCUT2D eigenvalue weighted by molar-refractivity contribution is -0.143. The fraction of sp³-hybridized carbons (Fsp3) is 0.600. The minimum Gasteiger partial charge on any atom is -0.342 e. The zero-order valence-corrected chi connectivity index (χ0v) is 17.6. The van der Waals surface area contributed by atoms with Gasteiger partial charge in [0.1, 0.15) is 6.04 Å². The lowest BCUT2D eigenvalue weighted by Crippen LogP contribution is -2.40. The number of nitrogens with one attached hydrogen (secondary N) is 1. The molecule has 31 heavy (non-hydrogen) atoms. The standard InChI is InChI=1S/C20H23F6N3OS/c1-29-16(11-31-18(29)28-14-6-4-2-3-5-7-14)17(30)27-15-9-12(19(21,22)23)8-13(10-15)20(24,25)26/h8-10,14,16H,2-7,11H2,1H3,(H,27,30). The molecule has 2 aliphatic rings. The monoisotopic (exact) mass is 467 g/mol. The van der Waals surface area contributed by atoms with Crippen LogP contribution in [0.15, 0.2) is 23.2 Å². The van der Waals surface area contributed by atoms with Gasteiger partial charge < -0.3 is 10.2 Å². The van der Waals surface area contributed by atoms with Crippen molar-refractivity contribution in [3.05, 3.63) is 29.3 Å². The molecule has 1 aromatic carbocycles. The molecule has 0 radical (unpaired) electrons. The number of likely N-dealkylation sites (N-methyl/N-ethyl adjacent to an activating group) is 1. The molecule has 1 N–H and O–H groups in total. The second kappa shape index (κ2) is 9.30. The summed E-state index contributed by atoms with van der Waals surface area (Å²) in [5.74, 6) is -0.354. The predicted molar refractivity (Wildman–Crippen MR) is 108 cm³/mol. The van der Waals surface area contributed by atoms with E-state index in [0.29, 0.717) is 23.1 Å². The van der Waals surface area contributed by atoms with Crippen LogP contribution in [0.25, 0.3) is 0 Å². The zero-order chi connectivity index (χ0) is 22.8. The fourth-order valence-electron chi connectivity index (χ4n) is 3.68. The first-order valence-corrected chi connectivity index (χ1v) is 11.0. The summed E-state index contributed by atoms with van der Waals surface area (Å²) in [6.45, 7) is 0. The fourth-order valence-corrected chi connectivity index (χ4v) is 4.91. The Morgan fingerprint density at radius 3 is 2.06 bits per heavy atom. The van der Waals surface area contributed by atoms with Gasteiger partial charge in [-0.1, -0.05) is 37.4 Å². The number of aliphatic imine (C=N–C) groups is 1. The number of halogens is 6. The molecule has 4 nitrogen and oxygen atoms in total. The SMILES string of the molecule is CN1C(=NC2CCCCCC2)SCC1C(=O)Nc1cc(C(F)(F)F)cc(C(F)(F)F)c1. The summed E-state index contributed by atoms with van der Waals surface area (Å²) in [5, 5.41) is 2.90. The molecule has 11 heteroatoms. The number of nitrogens with zero attached hydrogens (tertiary/aromatic N) is 2. The number of anilines is 1. The molecule has 1 saturated carbocycles. The smallest absolute Gasteiger partial charge is 0.342 e. The van der Waals surface area contributed by atoms with Crippen molar-refractivity contribution < 1.29 is 31.1 Å². The van der Waals surface area contributed by atoms with Gasteiger partial charge in [-0.3, -0.25) is 9.79 Å². The molecule has 1 aliphatic carbocycles. The Balaban J connectivity index is 1.75. The van der Waals surface area contributed by atoms with Crippen molar-refractivity contribution in [1.29, 1.82) is 0 Å². The van der Waals surface area contributed by atoms with Crippen LogP contribution in [0.2, 0.25) is 0 Å². The molecule has 1 heterocycles. The van der Waals surface area contributed by atoms with E-state index in [1.807, 2.05) is 0 Å². The Morgan fingerprint density at radius 2 is 1.55 bits per heavy atom. The van der Waals surface area contributed by atoms with E-state index in [1.165, 1.54) is 24.6 Å². The van der Waals surface area contributed by atoms with Crippen molar-refractivity contribution in [1.82, 2.24) is 4.90 Å². The molecule has 1 amide bonds. The maximum atomic E-state index is 13.0. The van der Waals surface area contributed by atoms with Gasteiger partial charge in [0.05, 0.1) is 17.2 Å². The van der Waals surface area contributed by atoms with E-state index in [1.54, 1.807) is 11.9 Å². The van der Waals surface area contributed by atoms with Gasteiger partial charge in [0.25, 0.3) is 0 Å². The molecule has 1 aliphatic heterocycles.